The van der Waals surface area contributed by atoms with Crippen molar-refractivity contribution in [2.45, 2.75) is 18.2 Å². The Morgan fingerprint density at radius 3 is 3.00 bits per heavy atom. The van der Waals surface area contributed by atoms with Crippen LogP contribution in [0, 0.1) is 5.92 Å². The second-order valence-electron chi connectivity index (χ2n) is 3.44. The first kappa shape index (κ1) is 6.42. The maximum Gasteiger partial charge on any atom is 0.419 e. The van der Waals surface area contributed by atoms with Gasteiger partial charge in [-0.25, -0.2) is 9.59 Å². The van der Waals surface area contributed by atoms with Crippen LogP contribution >= 0.6 is 0 Å². The smallest absolute Gasteiger partial charge is 0.419 e. The lowest BCUT2D eigenvalue weighted by Crippen LogP contribution is -2.49. The van der Waals surface area contributed by atoms with Crippen LogP contribution in [0.5, 0.6) is 0 Å². The fourth-order valence-corrected chi connectivity index (χ4v) is 2.00. The third-order valence-corrected chi connectivity index (χ3v) is 2.76. The van der Waals surface area contributed by atoms with Crippen LogP contribution in [0.25, 0.3) is 0 Å². The highest BCUT2D eigenvalue weighted by molar-refractivity contribution is 6.30. The van der Waals surface area contributed by atoms with E-state index < -0.39 is 23.8 Å². The average Bonchev–Trinajstić information content (AvgIpc) is 2.62. The molecule has 3 unspecified atom stereocenters. The van der Waals surface area contributed by atoms with Crippen LogP contribution in [0.2, 0.25) is 0 Å². The summed E-state index contributed by atoms with van der Waals surface area (Å²) in [5, 5.41) is 2.98. The maximum atomic E-state index is 10.8. The number of rotatable bonds is 0. The minimum atomic E-state index is -0.884. The molecule has 0 aromatic carbocycles. The van der Waals surface area contributed by atoms with Gasteiger partial charge >= 0.3 is 11.9 Å². The van der Waals surface area contributed by atoms with Gasteiger partial charge in [0.05, 0.1) is 0 Å². The summed E-state index contributed by atoms with van der Waals surface area (Å²) in [7, 11) is 0. The van der Waals surface area contributed by atoms with Gasteiger partial charge in [-0.05, 0) is 0 Å². The van der Waals surface area contributed by atoms with Crippen LogP contribution in [0.3, 0.4) is 0 Å². The average molecular weight is 169 g/mol. The van der Waals surface area contributed by atoms with Crippen molar-refractivity contribution in [1.29, 1.82) is 0 Å². The van der Waals surface area contributed by atoms with Gasteiger partial charge < -0.3 is 9.47 Å². The molecular formula is C7H7NO4. The van der Waals surface area contributed by atoms with Crippen molar-refractivity contribution in [2.75, 3.05) is 6.54 Å². The van der Waals surface area contributed by atoms with E-state index in [4.69, 9.17) is 9.47 Å². The molecule has 1 saturated carbocycles. The largest absolute Gasteiger partial charge is 0.445 e. The lowest BCUT2D eigenvalue weighted by molar-refractivity contribution is -0.199. The highest BCUT2D eigenvalue weighted by Crippen LogP contribution is 2.54. The molecule has 3 rings (SSSR count). The molecule has 1 aliphatic carbocycles. The molecule has 0 bridgehead atoms. The summed E-state index contributed by atoms with van der Waals surface area (Å²) in [6.07, 6.45) is 0.427. The summed E-state index contributed by atoms with van der Waals surface area (Å²) >= 11 is 0. The van der Waals surface area contributed by atoms with E-state index in [2.05, 4.69) is 5.32 Å². The van der Waals surface area contributed by atoms with Gasteiger partial charge in [0.15, 0.2) is 11.8 Å². The van der Waals surface area contributed by atoms with Gasteiger partial charge in [0.2, 0.25) is 0 Å². The van der Waals surface area contributed by atoms with Crippen LogP contribution in [-0.2, 0) is 19.1 Å². The molecule has 2 heterocycles. The zero-order chi connectivity index (χ0) is 8.34. The summed E-state index contributed by atoms with van der Waals surface area (Å²) in [5.74, 6) is -1.39. The van der Waals surface area contributed by atoms with Gasteiger partial charge in [0, 0.05) is 18.9 Å². The number of carbonyl (C=O) groups excluding carboxylic acids is 2. The zero-order valence-corrected chi connectivity index (χ0v) is 6.20. The molecule has 12 heavy (non-hydrogen) atoms. The van der Waals surface area contributed by atoms with Crippen molar-refractivity contribution in [3.63, 3.8) is 0 Å². The molecule has 1 N–H and O–H groups in total. The molecule has 1 spiro atoms. The van der Waals surface area contributed by atoms with E-state index in [0.717, 1.165) is 13.0 Å². The highest BCUT2D eigenvalue weighted by atomic mass is 16.7. The molecule has 2 saturated heterocycles. The van der Waals surface area contributed by atoms with Gasteiger partial charge in [-0.2, -0.15) is 0 Å². The van der Waals surface area contributed by atoms with Crippen molar-refractivity contribution in [1.82, 2.24) is 5.32 Å². The van der Waals surface area contributed by atoms with Crippen molar-refractivity contribution in [3.8, 4) is 0 Å². The van der Waals surface area contributed by atoms with Crippen molar-refractivity contribution < 1.29 is 19.1 Å². The van der Waals surface area contributed by atoms with Gasteiger partial charge in [-0.1, -0.05) is 0 Å². The molecule has 5 heteroatoms. The molecule has 0 radical (unpaired) electrons. The van der Waals surface area contributed by atoms with Crippen LogP contribution in [-0.4, -0.2) is 30.3 Å². The summed E-state index contributed by atoms with van der Waals surface area (Å²) in [6.45, 7) is 0.769. The number of hydrogen-bond acceptors (Lipinski definition) is 5. The van der Waals surface area contributed by atoms with Gasteiger partial charge in [0.25, 0.3) is 0 Å². The first-order chi connectivity index (χ1) is 5.72. The number of hydrogen-bond donors (Lipinski definition) is 1. The monoisotopic (exact) mass is 169 g/mol. The molecule has 0 aromatic heterocycles. The molecule has 0 aromatic rings. The summed E-state index contributed by atoms with van der Waals surface area (Å²) in [6, 6.07) is 0. The molecule has 2 aliphatic heterocycles. The van der Waals surface area contributed by atoms with Gasteiger partial charge in [-0.15, -0.1) is 0 Å². The molecule has 5 nitrogen and oxygen atoms in total. The van der Waals surface area contributed by atoms with E-state index in [1.165, 1.54) is 0 Å². The minimum Gasteiger partial charge on any atom is -0.445 e. The van der Waals surface area contributed by atoms with Gasteiger partial charge in [-0.3, -0.25) is 5.32 Å². The highest BCUT2D eigenvalue weighted by Gasteiger charge is 2.71. The Morgan fingerprint density at radius 2 is 2.25 bits per heavy atom. The predicted molar refractivity (Wildman–Crippen MR) is 34.8 cm³/mol. The Morgan fingerprint density at radius 1 is 1.42 bits per heavy atom. The van der Waals surface area contributed by atoms with Crippen LogP contribution < -0.4 is 5.32 Å². The lowest BCUT2D eigenvalue weighted by atomic mass is 10.2. The van der Waals surface area contributed by atoms with E-state index in [9.17, 15) is 9.59 Å². The third-order valence-electron chi connectivity index (χ3n) is 2.76. The zero-order valence-electron chi connectivity index (χ0n) is 6.20. The van der Waals surface area contributed by atoms with Crippen molar-refractivity contribution >= 4 is 11.9 Å². The summed E-state index contributed by atoms with van der Waals surface area (Å²) < 4.78 is 9.85. The lowest BCUT2D eigenvalue weighted by Gasteiger charge is -2.27. The second-order valence-corrected chi connectivity index (χ2v) is 3.44. The van der Waals surface area contributed by atoms with E-state index in [1.807, 2.05) is 0 Å². The Hall–Kier alpha value is -1.10. The maximum absolute atomic E-state index is 10.8. The standard InChI is InChI=1S/C7H7NO4/c9-4-5(10)12-7-1-3(7)2-8-6(7)11-4/h3,6,8H,1-2H2. The van der Waals surface area contributed by atoms with E-state index in [0.29, 0.717) is 5.92 Å². The number of carbonyl (C=O) groups is 2. The molecular weight excluding hydrogens is 162 g/mol. The Kier molecular flexibility index (Phi) is 0.875. The van der Waals surface area contributed by atoms with Crippen LogP contribution in [0.15, 0.2) is 0 Å². The summed E-state index contributed by atoms with van der Waals surface area (Å²) in [4.78, 5) is 21.6. The SMILES string of the molecule is O=C1OC2NCC3CC32OC1=O. The second kappa shape index (κ2) is 1.64. The Bertz CT molecular complexity index is 289. The van der Waals surface area contributed by atoms with Crippen LogP contribution in [0.1, 0.15) is 6.42 Å². The predicted octanol–water partition coefficient (Wildman–Crippen LogP) is -1.23. The fourth-order valence-electron chi connectivity index (χ4n) is 2.00. The number of piperidine rings is 1. The Balaban J connectivity index is 1.94. The van der Waals surface area contributed by atoms with E-state index in [-0.39, 0.29) is 0 Å². The first-order valence-electron chi connectivity index (χ1n) is 3.90. The normalized spacial score (nSPS) is 49.0. The number of ether oxygens (including phenoxy) is 2. The van der Waals surface area contributed by atoms with Crippen LogP contribution in [0.4, 0.5) is 0 Å². The molecule has 64 valence electrons. The number of esters is 2. The fraction of sp³-hybridized carbons (Fsp3) is 0.714. The quantitative estimate of drug-likeness (QED) is 0.363. The first-order valence-corrected chi connectivity index (χ1v) is 3.90. The van der Waals surface area contributed by atoms with Crippen molar-refractivity contribution in [3.05, 3.63) is 0 Å². The van der Waals surface area contributed by atoms with E-state index >= 15 is 0 Å². The third kappa shape index (κ3) is 0.546. The summed E-state index contributed by atoms with van der Waals surface area (Å²) in [5.41, 5.74) is -0.495. The number of nitrogens with one attached hydrogen (secondary N) is 1. The molecule has 3 aliphatic rings. The molecule has 0 amide bonds. The van der Waals surface area contributed by atoms with Crippen molar-refractivity contribution in [2.24, 2.45) is 5.92 Å². The molecule has 3 atom stereocenters. The topological polar surface area (TPSA) is 64.6 Å². The molecule has 3 fully saturated rings. The van der Waals surface area contributed by atoms with Gasteiger partial charge in [0.1, 0.15) is 0 Å². The van der Waals surface area contributed by atoms with E-state index in [1.54, 1.807) is 0 Å². The Labute approximate surface area is 68.0 Å². The minimum absolute atomic E-state index is 0.347.